The fraction of sp³-hybridized carbons (Fsp3) is 0.417. The van der Waals surface area contributed by atoms with E-state index in [9.17, 15) is 4.79 Å². The van der Waals surface area contributed by atoms with Crippen LogP contribution in [0.1, 0.15) is 5.56 Å². The van der Waals surface area contributed by atoms with Crippen LogP contribution in [0, 0.1) is 12.8 Å². The van der Waals surface area contributed by atoms with E-state index < -0.39 is 0 Å². The summed E-state index contributed by atoms with van der Waals surface area (Å²) in [6, 6.07) is 5.52. The normalized spacial score (nSPS) is 20.3. The maximum atomic E-state index is 11.7. The summed E-state index contributed by atoms with van der Waals surface area (Å²) in [5.41, 5.74) is 7.34. The lowest BCUT2D eigenvalue weighted by Gasteiger charge is -2.31. The number of aryl methyl sites for hydroxylation is 1. The van der Waals surface area contributed by atoms with Gasteiger partial charge < -0.3 is 10.5 Å². The van der Waals surface area contributed by atoms with Crippen molar-refractivity contribution in [2.45, 2.75) is 6.92 Å². The van der Waals surface area contributed by atoms with Crippen molar-refractivity contribution in [2.75, 3.05) is 24.6 Å². The van der Waals surface area contributed by atoms with Crippen molar-refractivity contribution in [1.82, 2.24) is 0 Å². The molecule has 1 aliphatic heterocycles. The van der Waals surface area contributed by atoms with Gasteiger partial charge in [0, 0.05) is 29.7 Å². The third-order valence-electron chi connectivity index (χ3n) is 2.90. The molecule has 0 aromatic heterocycles. The zero-order valence-electron chi connectivity index (χ0n) is 9.65. The predicted molar refractivity (Wildman–Crippen MR) is 67.4 cm³/mol. The molecule has 4 nitrogen and oxygen atoms in total. The Balaban J connectivity index is 2.24. The second-order valence-corrected chi connectivity index (χ2v) is 4.63. The second kappa shape index (κ2) is 4.94. The Morgan fingerprint density at radius 1 is 1.59 bits per heavy atom. The third-order valence-corrected chi connectivity index (χ3v) is 3.31. The van der Waals surface area contributed by atoms with Gasteiger partial charge in [-0.25, -0.2) is 4.79 Å². The van der Waals surface area contributed by atoms with Crippen LogP contribution in [0.15, 0.2) is 18.2 Å². The molecule has 1 heterocycles. The lowest BCUT2D eigenvalue weighted by molar-refractivity contribution is 0.117. The Morgan fingerprint density at radius 2 is 2.35 bits per heavy atom. The van der Waals surface area contributed by atoms with E-state index in [1.807, 2.05) is 19.1 Å². The Hall–Kier alpha value is -1.26. The summed E-state index contributed by atoms with van der Waals surface area (Å²) < 4.78 is 5.08. The smallest absolute Gasteiger partial charge is 0.414 e. The van der Waals surface area contributed by atoms with Gasteiger partial charge in [0.25, 0.3) is 0 Å². The number of hydrogen-bond acceptors (Lipinski definition) is 3. The molecule has 5 heteroatoms. The summed E-state index contributed by atoms with van der Waals surface area (Å²) in [6.07, 6.45) is -0.338. The molecule has 0 radical (unpaired) electrons. The molecule has 1 saturated heterocycles. The van der Waals surface area contributed by atoms with E-state index in [2.05, 4.69) is 0 Å². The van der Waals surface area contributed by atoms with Crippen LogP contribution in [0.4, 0.5) is 10.5 Å². The first-order valence-corrected chi connectivity index (χ1v) is 5.90. The van der Waals surface area contributed by atoms with Gasteiger partial charge >= 0.3 is 6.09 Å². The minimum atomic E-state index is -0.338. The number of carbonyl (C=O) groups is 1. The van der Waals surface area contributed by atoms with Gasteiger partial charge in [-0.3, -0.25) is 4.90 Å². The van der Waals surface area contributed by atoms with Crippen LogP contribution in [0.3, 0.4) is 0 Å². The molecule has 1 aliphatic rings. The minimum Gasteiger partial charge on any atom is -0.449 e. The maximum Gasteiger partial charge on any atom is 0.414 e. The number of ether oxygens (including phenoxy) is 1. The predicted octanol–water partition coefficient (Wildman–Crippen LogP) is 2.18. The summed E-state index contributed by atoms with van der Waals surface area (Å²) in [5.74, 6) is 0.174. The van der Waals surface area contributed by atoms with Crippen molar-refractivity contribution in [1.29, 1.82) is 0 Å². The summed E-state index contributed by atoms with van der Waals surface area (Å²) in [5, 5.41) is 0.644. The molecule has 0 saturated carbocycles. The molecule has 1 fully saturated rings. The third kappa shape index (κ3) is 2.53. The van der Waals surface area contributed by atoms with Crippen molar-refractivity contribution in [2.24, 2.45) is 11.7 Å². The van der Waals surface area contributed by atoms with Gasteiger partial charge in [-0.05, 0) is 24.6 Å². The van der Waals surface area contributed by atoms with E-state index in [1.165, 1.54) is 0 Å². The van der Waals surface area contributed by atoms with Crippen LogP contribution in [0.2, 0.25) is 5.02 Å². The minimum absolute atomic E-state index is 0.174. The monoisotopic (exact) mass is 254 g/mol. The molecule has 1 atom stereocenters. The fourth-order valence-electron chi connectivity index (χ4n) is 1.76. The van der Waals surface area contributed by atoms with Gasteiger partial charge in [0.05, 0.1) is 6.61 Å². The summed E-state index contributed by atoms with van der Waals surface area (Å²) in [7, 11) is 0. The summed E-state index contributed by atoms with van der Waals surface area (Å²) in [4.78, 5) is 13.2. The van der Waals surface area contributed by atoms with Gasteiger partial charge in [0.1, 0.15) is 0 Å². The fourth-order valence-corrected chi connectivity index (χ4v) is 1.93. The Kier molecular flexibility index (Phi) is 3.54. The summed E-state index contributed by atoms with van der Waals surface area (Å²) in [6.45, 7) is 3.40. The van der Waals surface area contributed by atoms with Gasteiger partial charge in [-0.1, -0.05) is 17.7 Å². The van der Waals surface area contributed by atoms with Crippen molar-refractivity contribution < 1.29 is 9.53 Å². The van der Waals surface area contributed by atoms with Crippen LogP contribution in [0.25, 0.3) is 0 Å². The number of cyclic esters (lactones) is 1. The molecular weight excluding hydrogens is 240 g/mol. The standard InChI is InChI=1S/C12H15ClN2O2/c1-8-2-3-10(4-11(8)13)15-6-9(5-14)7-17-12(15)16/h2-4,9H,5-7,14H2,1H3. The van der Waals surface area contributed by atoms with Crippen LogP contribution in [-0.4, -0.2) is 25.8 Å². The maximum absolute atomic E-state index is 11.7. The van der Waals surface area contributed by atoms with Crippen molar-refractivity contribution in [3.8, 4) is 0 Å². The number of hydrogen-bond donors (Lipinski definition) is 1. The van der Waals surface area contributed by atoms with Gasteiger partial charge in [-0.2, -0.15) is 0 Å². The van der Waals surface area contributed by atoms with Crippen molar-refractivity contribution in [3.63, 3.8) is 0 Å². The SMILES string of the molecule is Cc1ccc(N2CC(CN)COC2=O)cc1Cl. The molecule has 1 amide bonds. The lowest BCUT2D eigenvalue weighted by Crippen LogP contribution is -2.45. The second-order valence-electron chi connectivity index (χ2n) is 4.22. The molecule has 1 aromatic carbocycles. The Morgan fingerprint density at radius 3 is 3.00 bits per heavy atom. The highest BCUT2D eigenvalue weighted by molar-refractivity contribution is 6.31. The van der Waals surface area contributed by atoms with Gasteiger partial charge in [0.2, 0.25) is 0 Å². The average Bonchev–Trinajstić information content (AvgIpc) is 2.33. The van der Waals surface area contributed by atoms with E-state index in [0.717, 1.165) is 11.3 Å². The molecule has 17 heavy (non-hydrogen) atoms. The van der Waals surface area contributed by atoms with Crippen LogP contribution >= 0.6 is 11.6 Å². The molecule has 1 unspecified atom stereocenters. The van der Waals surface area contributed by atoms with Crippen molar-refractivity contribution >= 4 is 23.4 Å². The quantitative estimate of drug-likeness (QED) is 0.880. The van der Waals surface area contributed by atoms with E-state index in [-0.39, 0.29) is 12.0 Å². The van der Waals surface area contributed by atoms with Gasteiger partial charge in [0.15, 0.2) is 0 Å². The topological polar surface area (TPSA) is 55.6 Å². The number of anilines is 1. The van der Waals surface area contributed by atoms with E-state index in [0.29, 0.717) is 24.7 Å². The first kappa shape index (κ1) is 12.2. The number of rotatable bonds is 2. The Labute approximate surface area is 105 Å². The van der Waals surface area contributed by atoms with Crippen LogP contribution in [-0.2, 0) is 4.74 Å². The molecule has 0 bridgehead atoms. The molecule has 2 N–H and O–H groups in total. The largest absolute Gasteiger partial charge is 0.449 e. The highest BCUT2D eigenvalue weighted by Crippen LogP contribution is 2.26. The molecule has 92 valence electrons. The number of halogens is 1. The zero-order valence-corrected chi connectivity index (χ0v) is 10.4. The first-order chi connectivity index (χ1) is 8.11. The van der Waals surface area contributed by atoms with Crippen LogP contribution in [0.5, 0.6) is 0 Å². The molecule has 1 aromatic rings. The number of benzene rings is 1. The number of nitrogens with zero attached hydrogens (tertiary/aromatic N) is 1. The van der Waals surface area contributed by atoms with E-state index >= 15 is 0 Å². The number of carbonyl (C=O) groups excluding carboxylic acids is 1. The van der Waals surface area contributed by atoms with E-state index in [4.69, 9.17) is 22.1 Å². The lowest BCUT2D eigenvalue weighted by atomic mass is 10.1. The zero-order chi connectivity index (χ0) is 12.4. The first-order valence-electron chi connectivity index (χ1n) is 5.52. The van der Waals surface area contributed by atoms with Crippen LogP contribution < -0.4 is 10.6 Å². The Bertz CT molecular complexity index is 437. The highest BCUT2D eigenvalue weighted by Gasteiger charge is 2.27. The van der Waals surface area contributed by atoms with E-state index in [1.54, 1.807) is 11.0 Å². The van der Waals surface area contributed by atoms with Crippen molar-refractivity contribution in [3.05, 3.63) is 28.8 Å². The molecule has 0 spiro atoms. The molecule has 2 rings (SSSR count). The average molecular weight is 255 g/mol. The number of amides is 1. The number of nitrogens with two attached hydrogens (primary N) is 1. The highest BCUT2D eigenvalue weighted by atomic mass is 35.5. The molecular formula is C12H15ClN2O2. The molecule has 0 aliphatic carbocycles. The van der Waals surface area contributed by atoms with Gasteiger partial charge in [-0.15, -0.1) is 0 Å². The summed E-state index contributed by atoms with van der Waals surface area (Å²) >= 11 is 6.05.